The van der Waals surface area contributed by atoms with E-state index in [0.29, 0.717) is 25.2 Å². The summed E-state index contributed by atoms with van der Waals surface area (Å²) in [6.07, 6.45) is -0.167. The van der Waals surface area contributed by atoms with E-state index in [1.807, 2.05) is 18.2 Å². The molecule has 0 saturated carbocycles. The minimum atomic E-state index is -0.256. The highest BCUT2D eigenvalue weighted by Crippen LogP contribution is 1.99. The fourth-order valence-corrected chi connectivity index (χ4v) is 0.857. The second-order valence-electron chi connectivity index (χ2n) is 3.73. The Labute approximate surface area is 120 Å². The maximum Gasteiger partial charge on any atom is 0.338 e. The van der Waals surface area contributed by atoms with Gasteiger partial charge >= 0.3 is 5.97 Å². The van der Waals surface area contributed by atoms with Crippen molar-refractivity contribution in [2.45, 2.75) is 33.8 Å². The van der Waals surface area contributed by atoms with Gasteiger partial charge in [0.15, 0.2) is 0 Å². The first-order valence-electron chi connectivity index (χ1n) is 6.44. The van der Waals surface area contributed by atoms with Gasteiger partial charge in [-0.25, -0.2) is 4.79 Å². The Morgan fingerprint density at radius 2 is 1.70 bits per heavy atom. The lowest BCUT2D eigenvalue weighted by molar-refractivity contribution is -0.128. The van der Waals surface area contributed by atoms with Crippen molar-refractivity contribution in [3.63, 3.8) is 0 Å². The standard InChI is InChI=1S/C9H10O2.C3H6O2.C3H8O/c1-2-11-9(10)8-6-4-3-5-7-8;1-2-5-3-4;1-3(2)4/h3-7H,2H2,1H3;3H,2H2,1H3;3-4H,1-2H3. The lowest BCUT2D eigenvalue weighted by atomic mass is 10.2. The van der Waals surface area contributed by atoms with Gasteiger partial charge in [-0.05, 0) is 39.8 Å². The number of aliphatic hydroxyl groups is 1. The molecule has 5 heteroatoms. The smallest absolute Gasteiger partial charge is 0.338 e. The number of hydrogen-bond donors (Lipinski definition) is 1. The number of aliphatic hydroxyl groups excluding tert-OH is 1. The van der Waals surface area contributed by atoms with Crippen LogP contribution in [0, 0.1) is 0 Å². The summed E-state index contributed by atoms with van der Waals surface area (Å²) in [4.78, 5) is 20.2. The molecule has 0 aliphatic carbocycles. The van der Waals surface area contributed by atoms with Crippen molar-refractivity contribution in [3.05, 3.63) is 35.9 Å². The molecular weight excluding hydrogens is 260 g/mol. The minimum Gasteiger partial charge on any atom is -0.468 e. The van der Waals surface area contributed by atoms with Crippen LogP contribution >= 0.6 is 0 Å². The first kappa shape index (κ1) is 20.4. The van der Waals surface area contributed by atoms with E-state index < -0.39 is 0 Å². The van der Waals surface area contributed by atoms with E-state index in [1.165, 1.54) is 0 Å². The molecule has 0 amide bonds. The molecule has 0 radical (unpaired) electrons. The van der Waals surface area contributed by atoms with Crippen LogP contribution in [0.2, 0.25) is 0 Å². The Bertz CT molecular complexity index is 333. The van der Waals surface area contributed by atoms with Crippen LogP contribution in [0.3, 0.4) is 0 Å². The molecule has 0 spiro atoms. The van der Waals surface area contributed by atoms with E-state index in [-0.39, 0.29) is 12.1 Å². The quantitative estimate of drug-likeness (QED) is 0.679. The van der Waals surface area contributed by atoms with Crippen molar-refractivity contribution in [3.8, 4) is 0 Å². The maximum atomic E-state index is 11.0. The van der Waals surface area contributed by atoms with Crippen molar-refractivity contribution in [2.75, 3.05) is 13.2 Å². The monoisotopic (exact) mass is 284 g/mol. The van der Waals surface area contributed by atoms with Crippen LogP contribution in [0.1, 0.15) is 38.1 Å². The van der Waals surface area contributed by atoms with E-state index in [4.69, 9.17) is 9.84 Å². The van der Waals surface area contributed by atoms with Crippen molar-refractivity contribution >= 4 is 12.4 Å². The average Bonchev–Trinajstić information content (AvgIpc) is 2.41. The Kier molecular flexibility index (Phi) is 15.5. The Morgan fingerprint density at radius 1 is 1.20 bits per heavy atom. The number of hydrogen-bond acceptors (Lipinski definition) is 5. The molecule has 0 fully saturated rings. The molecule has 0 bridgehead atoms. The van der Waals surface area contributed by atoms with Gasteiger partial charge in [0.05, 0.1) is 18.8 Å². The van der Waals surface area contributed by atoms with Gasteiger partial charge in [-0.2, -0.15) is 0 Å². The third-order valence-corrected chi connectivity index (χ3v) is 1.52. The van der Waals surface area contributed by atoms with Gasteiger partial charge in [0, 0.05) is 6.10 Å². The zero-order valence-electron chi connectivity index (χ0n) is 12.5. The first-order valence-corrected chi connectivity index (χ1v) is 6.44. The van der Waals surface area contributed by atoms with Crippen molar-refractivity contribution < 1.29 is 24.2 Å². The molecule has 0 unspecified atom stereocenters. The topological polar surface area (TPSA) is 72.8 Å². The number of ether oxygens (including phenoxy) is 2. The van der Waals surface area contributed by atoms with Crippen LogP contribution < -0.4 is 0 Å². The normalized spacial score (nSPS) is 8.50. The molecule has 1 N–H and O–H groups in total. The van der Waals surface area contributed by atoms with Gasteiger partial charge in [0.1, 0.15) is 0 Å². The highest BCUT2D eigenvalue weighted by molar-refractivity contribution is 5.89. The molecule has 1 aromatic carbocycles. The third-order valence-electron chi connectivity index (χ3n) is 1.52. The van der Waals surface area contributed by atoms with Gasteiger partial charge in [0.2, 0.25) is 0 Å². The van der Waals surface area contributed by atoms with Crippen LogP contribution in [-0.4, -0.2) is 36.9 Å². The maximum absolute atomic E-state index is 11.0. The fraction of sp³-hybridized carbons (Fsp3) is 0.467. The second-order valence-corrected chi connectivity index (χ2v) is 3.73. The zero-order valence-corrected chi connectivity index (χ0v) is 12.5. The summed E-state index contributed by atoms with van der Waals surface area (Å²) >= 11 is 0. The second kappa shape index (κ2) is 15.2. The molecule has 5 nitrogen and oxygen atoms in total. The average molecular weight is 284 g/mol. The zero-order chi connectivity index (χ0) is 15.8. The van der Waals surface area contributed by atoms with Crippen LogP contribution in [0.15, 0.2) is 30.3 Å². The number of esters is 1. The molecule has 0 heterocycles. The summed E-state index contributed by atoms with van der Waals surface area (Å²) in [5.41, 5.74) is 0.606. The Balaban J connectivity index is 0. The predicted octanol–water partition coefficient (Wildman–Crippen LogP) is 2.43. The molecule has 0 aromatic heterocycles. The highest BCUT2D eigenvalue weighted by atomic mass is 16.5. The molecule has 20 heavy (non-hydrogen) atoms. The lowest BCUT2D eigenvalue weighted by Gasteiger charge is -1.99. The van der Waals surface area contributed by atoms with Gasteiger partial charge in [-0.3, -0.25) is 4.79 Å². The molecule has 1 aromatic rings. The first-order chi connectivity index (χ1) is 9.49. The van der Waals surface area contributed by atoms with Gasteiger partial charge < -0.3 is 14.6 Å². The van der Waals surface area contributed by atoms with E-state index in [9.17, 15) is 9.59 Å². The van der Waals surface area contributed by atoms with Gasteiger partial charge in [-0.1, -0.05) is 18.2 Å². The molecule has 0 saturated heterocycles. The third kappa shape index (κ3) is 16.1. The largest absolute Gasteiger partial charge is 0.468 e. The van der Waals surface area contributed by atoms with Crippen molar-refractivity contribution in [1.29, 1.82) is 0 Å². The number of benzene rings is 1. The van der Waals surface area contributed by atoms with Crippen LogP contribution in [-0.2, 0) is 14.3 Å². The molecule has 0 aliphatic rings. The molecule has 0 aliphatic heterocycles. The van der Waals surface area contributed by atoms with Crippen molar-refractivity contribution in [2.24, 2.45) is 0 Å². The van der Waals surface area contributed by atoms with E-state index >= 15 is 0 Å². The summed E-state index contributed by atoms with van der Waals surface area (Å²) in [5, 5.41) is 8.06. The Morgan fingerprint density at radius 3 is 2.00 bits per heavy atom. The predicted molar refractivity (Wildman–Crippen MR) is 77.4 cm³/mol. The highest BCUT2D eigenvalue weighted by Gasteiger charge is 2.02. The number of rotatable bonds is 4. The summed E-state index contributed by atoms with van der Waals surface area (Å²) in [5.74, 6) is -0.256. The fourth-order valence-electron chi connectivity index (χ4n) is 0.857. The van der Waals surface area contributed by atoms with E-state index in [0.717, 1.165) is 0 Å². The SMILES string of the molecule is CC(C)O.CCOC(=O)c1ccccc1.CCOC=O. The van der Waals surface area contributed by atoms with Crippen LogP contribution in [0.5, 0.6) is 0 Å². The molecule has 114 valence electrons. The summed E-state index contributed by atoms with van der Waals surface area (Å²) in [6.45, 7) is 8.33. The minimum absolute atomic E-state index is 0.167. The lowest BCUT2D eigenvalue weighted by Crippen LogP contribution is -2.03. The Hall–Kier alpha value is -1.88. The number of carbonyl (C=O) groups is 2. The van der Waals surface area contributed by atoms with Crippen LogP contribution in [0.25, 0.3) is 0 Å². The number of carbonyl (C=O) groups excluding carboxylic acids is 2. The molecule has 1 rings (SSSR count). The summed E-state index contributed by atoms with van der Waals surface area (Å²) in [7, 11) is 0. The summed E-state index contributed by atoms with van der Waals surface area (Å²) in [6, 6.07) is 8.96. The molecule has 0 atom stereocenters. The van der Waals surface area contributed by atoms with E-state index in [1.54, 1.807) is 39.8 Å². The van der Waals surface area contributed by atoms with E-state index in [2.05, 4.69) is 4.74 Å². The molecular formula is C15H24O5. The van der Waals surface area contributed by atoms with Crippen LogP contribution in [0.4, 0.5) is 0 Å². The van der Waals surface area contributed by atoms with Gasteiger partial charge in [0.25, 0.3) is 6.47 Å². The summed E-state index contributed by atoms with van der Waals surface area (Å²) < 4.78 is 8.94. The van der Waals surface area contributed by atoms with Crippen molar-refractivity contribution in [1.82, 2.24) is 0 Å². The van der Waals surface area contributed by atoms with Gasteiger partial charge in [-0.15, -0.1) is 0 Å².